The highest BCUT2D eigenvalue weighted by molar-refractivity contribution is 6.31. The number of amides is 1. The summed E-state index contributed by atoms with van der Waals surface area (Å²) in [5.74, 6) is -0.350. The molecule has 1 atom stereocenters. The zero-order valence-electron chi connectivity index (χ0n) is 19.4. The summed E-state index contributed by atoms with van der Waals surface area (Å²) in [6, 6.07) is 20.0. The van der Waals surface area contributed by atoms with Crippen LogP contribution in [0.25, 0.3) is 16.9 Å². The van der Waals surface area contributed by atoms with Crippen LogP contribution >= 0.6 is 11.6 Å². The summed E-state index contributed by atoms with van der Waals surface area (Å²) in [4.78, 5) is 28.6. The summed E-state index contributed by atoms with van der Waals surface area (Å²) in [6.07, 6.45) is 3.38. The molecule has 0 saturated heterocycles. The van der Waals surface area contributed by atoms with Crippen molar-refractivity contribution >= 4 is 29.5 Å². The van der Waals surface area contributed by atoms with Crippen molar-refractivity contribution < 1.29 is 19.4 Å². The van der Waals surface area contributed by atoms with E-state index < -0.39 is 23.6 Å². The highest BCUT2D eigenvalue weighted by Crippen LogP contribution is 2.48. The van der Waals surface area contributed by atoms with Gasteiger partial charge in [0.25, 0.3) is 0 Å². The average Bonchev–Trinajstić information content (AvgIpc) is 3.58. The van der Waals surface area contributed by atoms with Crippen LogP contribution in [0.2, 0.25) is 5.02 Å². The van der Waals surface area contributed by atoms with Crippen LogP contribution in [0.4, 0.5) is 10.6 Å². The van der Waals surface area contributed by atoms with Crippen molar-refractivity contribution in [2.24, 2.45) is 0 Å². The minimum absolute atomic E-state index is 0.425. The molecule has 9 heteroatoms. The molecule has 1 aliphatic carbocycles. The molecule has 2 aromatic heterocycles. The molecule has 1 fully saturated rings. The van der Waals surface area contributed by atoms with E-state index in [0.29, 0.717) is 34.9 Å². The summed E-state index contributed by atoms with van der Waals surface area (Å²) < 4.78 is 7.03. The van der Waals surface area contributed by atoms with E-state index in [0.717, 1.165) is 16.8 Å². The van der Waals surface area contributed by atoms with Crippen LogP contribution in [0.3, 0.4) is 0 Å². The third kappa shape index (κ3) is 4.55. The van der Waals surface area contributed by atoms with Gasteiger partial charge in [0.15, 0.2) is 0 Å². The Kier molecular flexibility index (Phi) is 6.20. The number of hydrogen-bond acceptors (Lipinski definition) is 5. The van der Waals surface area contributed by atoms with Gasteiger partial charge in [-0.1, -0.05) is 54.1 Å². The number of aliphatic carboxylic acids is 1. The van der Waals surface area contributed by atoms with E-state index in [1.54, 1.807) is 42.2 Å². The summed E-state index contributed by atoms with van der Waals surface area (Å²) in [7, 11) is 0. The Balaban J connectivity index is 1.27. The van der Waals surface area contributed by atoms with E-state index in [-0.39, 0.29) is 0 Å². The lowest BCUT2D eigenvalue weighted by Crippen LogP contribution is -2.19. The standard InChI is InChI=1S/C27H23ClN4O4/c1-17(21-4-2-3-5-22(21)28)36-26(35)31-24-12-15-30-32(24)20-10-11-23(29-16-20)18-6-8-19(9-7-18)27(13-14-27)25(33)34/h2-12,15-17H,13-14H2,1H3,(H,31,35)(H,33,34). The maximum absolute atomic E-state index is 12.5. The van der Waals surface area contributed by atoms with Gasteiger partial charge in [-0.25, -0.2) is 9.48 Å². The fourth-order valence-corrected chi connectivity index (χ4v) is 4.45. The van der Waals surface area contributed by atoms with Gasteiger partial charge in [0.05, 0.1) is 29.2 Å². The second-order valence-corrected chi connectivity index (χ2v) is 9.10. The van der Waals surface area contributed by atoms with Crippen LogP contribution in [0, 0.1) is 0 Å². The number of aromatic nitrogens is 3. The number of carboxylic acid groups (broad SMARTS) is 1. The number of carboxylic acids is 1. The van der Waals surface area contributed by atoms with Crippen molar-refractivity contribution in [2.75, 3.05) is 5.32 Å². The molecular weight excluding hydrogens is 480 g/mol. The number of pyridine rings is 1. The lowest BCUT2D eigenvalue weighted by Gasteiger charge is -2.16. The van der Waals surface area contributed by atoms with Crippen molar-refractivity contribution in [3.8, 4) is 16.9 Å². The normalized spacial score (nSPS) is 14.6. The second-order valence-electron chi connectivity index (χ2n) is 8.69. The second kappa shape index (κ2) is 9.47. The number of anilines is 1. The fourth-order valence-electron chi connectivity index (χ4n) is 4.16. The van der Waals surface area contributed by atoms with Gasteiger partial charge >= 0.3 is 12.1 Å². The summed E-state index contributed by atoms with van der Waals surface area (Å²) in [5, 5.41) is 17.0. The molecule has 0 bridgehead atoms. The molecule has 1 amide bonds. The number of hydrogen-bond donors (Lipinski definition) is 2. The highest BCUT2D eigenvalue weighted by atomic mass is 35.5. The van der Waals surface area contributed by atoms with Crippen LogP contribution in [0.5, 0.6) is 0 Å². The van der Waals surface area contributed by atoms with E-state index in [2.05, 4.69) is 15.4 Å². The zero-order chi connectivity index (χ0) is 25.3. The topological polar surface area (TPSA) is 106 Å². The Labute approximate surface area is 212 Å². The Morgan fingerprint density at radius 3 is 2.47 bits per heavy atom. The molecule has 2 N–H and O–H groups in total. The molecule has 0 aliphatic heterocycles. The number of benzene rings is 2. The Bertz CT molecular complexity index is 1410. The monoisotopic (exact) mass is 502 g/mol. The molecule has 1 unspecified atom stereocenters. The molecular formula is C27H23ClN4O4. The zero-order valence-corrected chi connectivity index (χ0v) is 20.1. The van der Waals surface area contributed by atoms with Gasteiger partial charge in [-0.05, 0) is 43.5 Å². The maximum atomic E-state index is 12.5. The quantitative estimate of drug-likeness (QED) is 0.320. The number of nitrogens with zero attached hydrogens (tertiary/aromatic N) is 3. The summed E-state index contributed by atoms with van der Waals surface area (Å²) in [5.41, 5.74) is 3.07. The first kappa shape index (κ1) is 23.6. The summed E-state index contributed by atoms with van der Waals surface area (Å²) >= 11 is 6.19. The van der Waals surface area contributed by atoms with Crippen molar-refractivity contribution in [3.05, 3.63) is 95.3 Å². The lowest BCUT2D eigenvalue weighted by atomic mass is 9.95. The smallest absolute Gasteiger partial charge is 0.413 e. The van der Waals surface area contributed by atoms with Crippen molar-refractivity contribution in [1.82, 2.24) is 14.8 Å². The van der Waals surface area contributed by atoms with E-state index in [9.17, 15) is 14.7 Å². The molecule has 1 aliphatic rings. The number of carbonyl (C=O) groups excluding carboxylic acids is 1. The molecule has 5 rings (SSSR count). The van der Waals surface area contributed by atoms with Gasteiger partial charge in [-0.15, -0.1) is 0 Å². The molecule has 8 nitrogen and oxygen atoms in total. The molecule has 0 spiro atoms. The number of halogens is 1. The van der Waals surface area contributed by atoms with Gasteiger partial charge in [-0.2, -0.15) is 5.10 Å². The van der Waals surface area contributed by atoms with Gasteiger partial charge in [0.1, 0.15) is 11.9 Å². The molecule has 0 radical (unpaired) electrons. The minimum atomic E-state index is -0.774. The van der Waals surface area contributed by atoms with Crippen LogP contribution in [0.1, 0.15) is 37.0 Å². The fraction of sp³-hybridized carbons (Fsp3) is 0.185. The number of rotatable bonds is 7. The molecule has 2 aromatic carbocycles. The van der Waals surface area contributed by atoms with E-state index >= 15 is 0 Å². The van der Waals surface area contributed by atoms with Gasteiger partial charge in [0.2, 0.25) is 0 Å². The third-order valence-corrected chi connectivity index (χ3v) is 6.73. The Morgan fingerprint density at radius 2 is 1.83 bits per heavy atom. The molecule has 4 aromatic rings. The molecule has 182 valence electrons. The first-order valence-electron chi connectivity index (χ1n) is 11.4. The van der Waals surface area contributed by atoms with E-state index in [4.69, 9.17) is 16.3 Å². The number of nitrogens with one attached hydrogen (secondary N) is 1. The predicted octanol–water partition coefficient (Wildman–Crippen LogP) is 6.01. The van der Waals surface area contributed by atoms with Crippen molar-refractivity contribution in [2.45, 2.75) is 31.3 Å². The Morgan fingerprint density at radius 1 is 1.08 bits per heavy atom. The third-order valence-electron chi connectivity index (χ3n) is 6.38. The van der Waals surface area contributed by atoms with Gasteiger partial charge in [-0.3, -0.25) is 15.1 Å². The van der Waals surface area contributed by atoms with Gasteiger partial charge in [0, 0.05) is 22.2 Å². The van der Waals surface area contributed by atoms with Crippen molar-refractivity contribution in [3.63, 3.8) is 0 Å². The minimum Gasteiger partial charge on any atom is -0.481 e. The first-order chi connectivity index (χ1) is 17.4. The summed E-state index contributed by atoms with van der Waals surface area (Å²) in [6.45, 7) is 1.75. The molecule has 36 heavy (non-hydrogen) atoms. The van der Waals surface area contributed by atoms with Crippen LogP contribution in [-0.4, -0.2) is 31.9 Å². The van der Waals surface area contributed by atoms with E-state index in [1.807, 2.05) is 48.5 Å². The Hall–Kier alpha value is -4.17. The van der Waals surface area contributed by atoms with Crippen LogP contribution < -0.4 is 5.32 Å². The molecule has 2 heterocycles. The SMILES string of the molecule is CC(OC(=O)Nc1ccnn1-c1ccc(-c2ccc(C3(C(=O)O)CC3)cc2)nc1)c1ccccc1Cl. The van der Waals surface area contributed by atoms with Crippen molar-refractivity contribution in [1.29, 1.82) is 0 Å². The predicted molar refractivity (Wildman–Crippen MR) is 135 cm³/mol. The number of carbonyl (C=O) groups is 2. The van der Waals surface area contributed by atoms with Gasteiger partial charge < -0.3 is 9.84 Å². The highest BCUT2D eigenvalue weighted by Gasteiger charge is 2.51. The average molecular weight is 503 g/mol. The van der Waals surface area contributed by atoms with E-state index in [1.165, 1.54) is 0 Å². The lowest BCUT2D eigenvalue weighted by molar-refractivity contribution is -0.140. The molecule has 1 saturated carbocycles. The number of ether oxygens (including phenoxy) is 1. The van der Waals surface area contributed by atoms with Crippen LogP contribution in [0.15, 0.2) is 79.1 Å². The maximum Gasteiger partial charge on any atom is 0.413 e. The largest absolute Gasteiger partial charge is 0.481 e. The first-order valence-corrected chi connectivity index (χ1v) is 11.8. The van der Waals surface area contributed by atoms with Crippen LogP contribution in [-0.2, 0) is 14.9 Å².